The Morgan fingerprint density at radius 2 is 2.25 bits per heavy atom. The van der Waals surface area contributed by atoms with Gasteiger partial charge in [-0.15, -0.1) is 0 Å². The van der Waals surface area contributed by atoms with E-state index in [-0.39, 0.29) is 17.5 Å². The number of phenols is 1. The number of rotatable bonds is 2. The minimum absolute atomic E-state index is 0.0837. The van der Waals surface area contributed by atoms with E-state index in [1.165, 1.54) is 13.2 Å². The summed E-state index contributed by atoms with van der Waals surface area (Å²) >= 11 is 0. The third kappa shape index (κ3) is 2.11. The maximum atomic E-state index is 13.6. The molecule has 1 saturated heterocycles. The number of hydrogen-bond acceptors (Lipinski definition) is 3. The maximum absolute atomic E-state index is 13.6. The van der Waals surface area contributed by atoms with E-state index in [4.69, 9.17) is 4.74 Å². The fraction of sp³-hybridized carbons (Fsp3) is 0.500. The predicted octanol–water partition coefficient (Wildman–Crippen LogP) is 2.35. The molecule has 1 fully saturated rings. The van der Waals surface area contributed by atoms with Crippen molar-refractivity contribution in [3.63, 3.8) is 0 Å². The van der Waals surface area contributed by atoms with Crippen LogP contribution >= 0.6 is 0 Å². The van der Waals surface area contributed by atoms with E-state index in [1.54, 1.807) is 6.07 Å². The fourth-order valence-corrected chi connectivity index (χ4v) is 2.14. The van der Waals surface area contributed by atoms with E-state index in [9.17, 15) is 9.50 Å². The molecule has 16 heavy (non-hydrogen) atoms. The second-order valence-corrected chi connectivity index (χ2v) is 4.06. The Balaban J connectivity index is 2.28. The second-order valence-electron chi connectivity index (χ2n) is 4.06. The Labute approximate surface area is 94.2 Å². The molecule has 1 aliphatic rings. The molecule has 2 N–H and O–H groups in total. The van der Waals surface area contributed by atoms with Crippen LogP contribution in [0.5, 0.6) is 11.5 Å². The summed E-state index contributed by atoms with van der Waals surface area (Å²) in [6.07, 6.45) is 3.26. The Kier molecular flexibility index (Phi) is 3.29. The van der Waals surface area contributed by atoms with Gasteiger partial charge in [0.2, 0.25) is 0 Å². The summed E-state index contributed by atoms with van der Waals surface area (Å²) < 4.78 is 18.3. The number of ether oxygens (including phenoxy) is 1. The van der Waals surface area contributed by atoms with Crippen LogP contribution < -0.4 is 10.1 Å². The van der Waals surface area contributed by atoms with E-state index >= 15 is 0 Å². The molecule has 0 saturated carbocycles. The summed E-state index contributed by atoms with van der Waals surface area (Å²) in [6.45, 7) is 0.944. The molecule has 1 unspecified atom stereocenters. The van der Waals surface area contributed by atoms with Crippen molar-refractivity contribution in [2.45, 2.75) is 25.3 Å². The SMILES string of the molecule is COc1c(O)cc(C2CCCCN2)cc1F. The largest absolute Gasteiger partial charge is 0.504 e. The second kappa shape index (κ2) is 4.70. The van der Waals surface area contributed by atoms with Gasteiger partial charge < -0.3 is 15.2 Å². The first-order chi connectivity index (χ1) is 7.72. The number of halogens is 1. The van der Waals surface area contributed by atoms with Crippen LogP contribution in [-0.2, 0) is 0 Å². The third-order valence-corrected chi connectivity index (χ3v) is 2.96. The summed E-state index contributed by atoms with van der Waals surface area (Å²) in [7, 11) is 1.34. The minimum Gasteiger partial charge on any atom is -0.504 e. The van der Waals surface area contributed by atoms with Crippen LogP contribution in [0.2, 0.25) is 0 Å². The Bertz CT molecular complexity index is 352. The minimum atomic E-state index is -0.509. The lowest BCUT2D eigenvalue weighted by Crippen LogP contribution is -2.26. The van der Waals surface area contributed by atoms with Crippen LogP contribution in [0.4, 0.5) is 4.39 Å². The van der Waals surface area contributed by atoms with Crippen LogP contribution in [0.25, 0.3) is 0 Å². The van der Waals surface area contributed by atoms with Gasteiger partial charge in [0.1, 0.15) is 0 Å². The normalized spacial score (nSPS) is 20.8. The molecule has 88 valence electrons. The van der Waals surface area contributed by atoms with Gasteiger partial charge in [0.15, 0.2) is 17.3 Å². The van der Waals surface area contributed by atoms with Crippen molar-refractivity contribution in [3.8, 4) is 11.5 Å². The monoisotopic (exact) mass is 225 g/mol. The molecule has 0 amide bonds. The first-order valence-corrected chi connectivity index (χ1v) is 5.52. The zero-order chi connectivity index (χ0) is 11.5. The molecule has 4 heteroatoms. The Morgan fingerprint density at radius 1 is 1.44 bits per heavy atom. The quantitative estimate of drug-likeness (QED) is 0.811. The van der Waals surface area contributed by atoms with Crippen LogP contribution in [0.1, 0.15) is 30.9 Å². The van der Waals surface area contributed by atoms with Crippen LogP contribution in [-0.4, -0.2) is 18.8 Å². The highest BCUT2D eigenvalue weighted by atomic mass is 19.1. The molecule has 1 heterocycles. The van der Waals surface area contributed by atoms with Crippen LogP contribution in [0.3, 0.4) is 0 Å². The molecule has 0 spiro atoms. The smallest absolute Gasteiger partial charge is 0.196 e. The van der Waals surface area contributed by atoms with Gasteiger partial charge in [0.05, 0.1) is 7.11 Å². The lowest BCUT2D eigenvalue weighted by molar-refractivity contribution is 0.347. The van der Waals surface area contributed by atoms with Crippen LogP contribution in [0, 0.1) is 5.82 Å². The molecule has 1 atom stereocenters. The zero-order valence-corrected chi connectivity index (χ0v) is 9.29. The topological polar surface area (TPSA) is 41.5 Å². The molecule has 0 bridgehead atoms. The first kappa shape index (κ1) is 11.2. The van der Waals surface area contributed by atoms with Crippen molar-refractivity contribution in [1.82, 2.24) is 5.32 Å². The summed E-state index contributed by atoms with van der Waals surface area (Å²) in [4.78, 5) is 0. The first-order valence-electron chi connectivity index (χ1n) is 5.52. The highest BCUT2D eigenvalue weighted by Gasteiger charge is 2.18. The van der Waals surface area contributed by atoms with Crippen molar-refractivity contribution in [2.24, 2.45) is 0 Å². The van der Waals surface area contributed by atoms with Gasteiger partial charge in [-0.3, -0.25) is 0 Å². The number of phenolic OH excluding ortho intramolecular Hbond substituents is 1. The van der Waals surface area contributed by atoms with Crippen molar-refractivity contribution >= 4 is 0 Å². The lowest BCUT2D eigenvalue weighted by Gasteiger charge is -2.24. The summed E-state index contributed by atoms with van der Waals surface area (Å²) in [5.41, 5.74) is 0.788. The molecule has 1 aromatic rings. The highest BCUT2D eigenvalue weighted by molar-refractivity contribution is 5.44. The van der Waals surface area contributed by atoms with Crippen molar-refractivity contribution in [3.05, 3.63) is 23.5 Å². The number of nitrogens with one attached hydrogen (secondary N) is 1. The third-order valence-electron chi connectivity index (χ3n) is 2.96. The number of benzene rings is 1. The van der Waals surface area contributed by atoms with Gasteiger partial charge in [0.25, 0.3) is 0 Å². The van der Waals surface area contributed by atoms with Crippen LogP contribution in [0.15, 0.2) is 12.1 Å². The van der Waals surface area contributed by atoms with Crippen molar-refractivity contribution < 1.29 is 14.2 Å². The Hall–Kier alpha value is -1.29. The standard InChI is InChI=1S/C12H16FNO2/c1-16-12-9(13)6-8(7-11(12)15)10-4-2-3-5-14-10/h6-7,10,14-15H,2-5H2,1H3. The summed E-state index contributed by atoms with van der Waals surface area (Å²) in [6, 6.07) is 3.15. The van der Waals surface area contributed by atoms with Gasteiger partial charge in [-0.25, -0.2) is 4.39 Å². The summed E-state index contributed by atoms with van der Waals surface area (Å²) in [5.74, 6) is -0.727. The van der Waals surface area contributed by atoms with E-state index in [1.807, 2.05) is 0 Å². The van der Waals surface area contributed by atoms with Gasteiger partial charge in [-0.1, -0.05) is 6.42 Å². The van der Waals surface area contributed by atoms with E-state index in [0.29, 0.717) is 0 Å². The number of aromatic hydroxyl groups is 1. The molecule has 0 radical (unpaired) electrons. The molecule has 1 aliphatic heterocycles. The Morgan fingerprint density at radius 3 is 2.81 bits per heavy atom. The van der Waals surface area contributed by atoms with Gasteiger partial charge >= 0.3 is 0 Å². The molecule has 0 aromatic heterocycles. The van der Waals surface area contributed by atoms with Crippen molar-refractivity contribution in [1.29, 1.82) is 0 Å². The van der Waals surface area contributed by atoms with E-state index < -0.39 is 5.82 Å². The number of methoxy groups -OCH3 is 1. The lowest BCUT2D eigenvalue weighted by atomic mass is 9.97. The average molecular weight is 225 g/mol. The van der Waals surface area contributed by atoms with E-state index in [2.05, 4.69) is 5.32 Å². The average Bonchev–Trinajstić information content (AvgIpc) is 2.30. The van der Waals surface area contributed by atoms with Gasteiger partial charge in [0, 0.05) is 6.04 Å². The number of hydrogen-bond donors (Lipinski definition) is 2. The highest BCUT2D eigenvalue weighted by Crippen LogP contribution is 2.34. The molecular formula is C12H16FNO2. The molecule has 3 nitrogen and oxygen atoms in total. The predicted molar refractivity (Wildman–Crippen MR) is 59.2 cm³/mol. The fourth-order valence-electron chi connectivity index (χ4n) is 2.14. The molecule has 2 rings (SSSR count). The molecular weight excluding hydrogens is 209 g/mol. The summed E-state index contributed by atoms with van der Waals surface area (Å²) in [5, 5.41) is 12.9. The molecule has 1 aromatic carbocycles. The van der Waals surface area contributed by atoms with Gasteiger partial charge in [-0.05, 0) is 37.1 Å². The zero-order valence-electron chi connectivity index (χ0n) is 9.29. The number of piperidine rings is 1. The van der Waals surface area contributed by atoms with E-state index in [0.717, 1.165) is 31.4 Å². The maximum Gasteiger partial charge on any atom is 0.196 e. The van der Waals surface area contributed by atoms with Gasteiger partial charge in [-0.2, -0.15) is 0 Å². The van der Waals surface area contributed by atoms with Crippen molar-refractivity contribution in [2.75, 3.05) is 13.7 Å². The molecule has 0 aliphatic carbocycles.